The summed E-state index contributed by atoms with van der Waals surface area (Å²) < 4.78 is 11.3. The van der Waals surface area contributed by atoms with E-state index in [1.807, 2.05) is 6.08 Å². The van der Waals surface area contributed by atoms with Gasteiger partial charge in [-0.25, -0.2) is 0 Å². The zero-order valence-corrected chi connectivity index (χ0v) is 49.3. The minimum absolute atomic E-state index is 0.185. The van der Waals surface area contributed by atoms with Crippen LogP contribution in [-0.4, -0.2) is 87.5 Å². The molecule has 1 fully saturated rings. The Balaban J connectivity index is 2.17. The Morgan fingerprint density at radius 1 is 0.440 bits per heavy atom. The highest BCUT2D eigenvalue weighted by atomic mass is 16.7. The molecule has 1 heterocycles. The Morgan fingerprint density at radius 2 is 0.760 bits per heavy atom. The first kappa shape index (κ1) is 71.4. The predicted molar refractivity (Wildman–Crippen MR) is 318 cm³/mol. The number of carbonyl (C=O) groups excluding carboxylic acids is 1. The second-order valence-corrected chi connectivity index (χ2v) is 22.9. The van der Waals surface area contributed by atoms with Crippen molar-refractivity contribution in [2.75, 3.05) is 13.2 Å². The van der Waals surface area contributed by atoms with Crippen molar-refractivity contribution in [3.8, 4) is 0 Å². The molecule has 9 heteroatoms. The van der Waals surface area contributed by atoms with E-state index in [4.69, 9.17) is 9.47 Å². The van der Waals surface area contributed by atoms with E-state index >= 15 is 0 Å². The molecule has 1 aliphatic heterocycles. The molecule has 1 aliphatic rings. The summed E-state index contributed by atoms with van der Waals surface area (Å²) in [6, 6.07) is -0.824. The van der Waals surface area contributed by atoms with Crippen LogP contribution in [0.25, 0.3) is 0 Å². The molecule has 0 bridgehead atoms. The standard InChI is InChI=1S/C66H125NO8/c1-3-5-7-9-11-13-15-17-19-21-23-25-26-27-28-29-30-31-32-33-34-36-37-39-41-43-45-47-49-51-53-55-60(69)59(58-74-66-65(73)64(72)63(71)61(57-68)75-66)67-62(70)56-54-52-50-48-46-44-42-40-38-35-24-22-20-18-16-14-12-10-8-6-4-2/h22,24,45,47,53,55,59-61,63-66,68-69,71-73H,3-21,23,25-44,46,48-52,54,56-58H2,1-2H3,(H,67,70)/b24-22-,47-45+,55-53+. The summed E-state index contributed by atoms with van der Waals surface area (Å²) in [7, 11) is 0. The van der Waals surface area contributed by atoms with Gasteiger partial charge in [-0.1, -0.05) is 294 Å². The van der Waals surface area contributed by atoms with Gasteiger partial charge in [0.25, 0.3) is 0 Å². The monoisotopic (exact) mass is 1060 g/mol. The minimum atomic E-state index is -1.57. The average Bonchev–Trinajstić information content (AvgIpc) is 3.41. The van der Waals surface area contributed by atoms with Gasteiger partial charge in [-0.2, -0.15) is 0 Å². The predicted octanol–water partition coefficient (Wildman–Crippen LogP) is 17.1. The summed E-state index contributed by atoms with van der Waals surface area (Å²) in [5, 5.41) is 54.6. The Bertz CT molecular complexity index is 1270. The molecule has 7 atom stereocenters. The van der Waals surface area contributed by atoms with Crippen LogP contribution >= 0.6 is 0 Å². The lowest BCUT2D eigenvalue weighted by Gasteiger charge is -2.40. The van der Waals surface area contributed by atoms with Crippen molar-refractivity contribution < 1.29 is 39.8 Å². The highest BCUT2D eigenvalue weighted by Gasteiger charge is 2.44. The number of hydrogen-bond donors (Lipinski definition) is 6. The molecule has 0 aromatic heterocycles. The van der Waals surface area contributed by atoms with Crippen molar-refractivity contribution in [1.29, 1.82) is 0 Å². The van der Waals surface area contributed by atoms with Gasteiger partial charge in [0.05, 0.1) is 25.4 Å². The Kier molecular flexibility index (Phi) is 53.1. The van der Waals surface area contributed by atoms with Crippen molar-refractivity contribution in [2.45, 2.75) is 365 Å². The third-order valence-electron chi connectivity index (χ3n) is 15.7. The fourth-order valence-electron chi connectivity index (χ4n) is 10.5. The summed E-state index contributed by atoms with van der Waals surface area (Å²) in [5.74, 6) is -0.185. The number of aliphatic hydroxyl groups is 5. The van der Waals surface area contributed by atoms with E-state index in [0.717, 1.165) is 38.5 Å². The highest BCUT2D eigenvalue weighted by molar-refractivity contribution is 5.76. The Labute approximate surface area is 463 Å². The van der Waals surface area contributed by atoms with Crippen LogP contribution in [0.3, 0.4) is 0 Å². The normalized spacial score (nSPS) is 19.1. The fourth-order valence-corrected chi connectivity index (χ4v) is 10.5. The fraction of sp³-hybridized carbons (Fsp3) is 0.894. The van der Waals surface area contributed by atoms with Gasteiger partial charge in [0.15, 0.2) is 6.29 Å². The number of hydrogen-bond acceptors (Lipinski definition) is 8. The molecule has 1 rings (SSSR count). The number of nitrogens with one attached hydrogen (secondary N) is 1. The van der Waals surface area contributed by atoms with Crippen LogP contribution in [-0.2, 0) is 14.3 Å². The van der Waals surface area contributed by atoms with Crippen LogP contribution in [0, 0.1) is 0 Å². The minimum Gasteiger partial charge on any atom is -0.394 e. The van der Waals surface area contributed by atoms with Crippen LogP contribution < -0.4 is 5.32 Å². The number of allylic oxidation sites excluding steroid dienone is 5. The summed E-state index contributed by atoms with van der Waals surface area (Å²) in [6.07, 6.45) is 66.7. The van der Waals surface area contributed by atoms with Crippen LogP contribution in [0.2, 0.25) is 0 Å². The van der Waals surface area contributed by atoms with E-state index in [0.29, 0.717) is 6.42 Å². The van der Waals surface area contributed by atoms with Gasteiger partial charge in [0.1, 0.15) is 24.4 Å². The van der Waals surface area contributed by atoms with Gasteiger partial charge in [0, 0.05) is 6.42 Å². The molecule has 0 aromatic carbocycles. The van der Waals surface area contributed by atoms with Crippen molar-refractivity contribution in [2.24, 2.45) is 0 Å². The topological polar surface area (TPSA) is 149 Å². The molecule has 6 N–H and O–H groups in total. The van der Waals surface area contributed by atoms with Crippen LogP contribution in [0.4, 0.5) is 0 Å². The number of aliphatic hydroxyl groups excluding tert-OH is 5. The second-order valence-electron chi connectivity index (χ2n) is 22.9. The lowest BCUT2D eigenvalue weighted by molar-refractivity contribution is -0.302. The molecule has 0 spiro atoms. The summed E-state index contributed by atoms with van der Waals surface area (Å²) in [5.41, 5.74) is 0. The van der Waals surface area contributed by atoms with Crippen LogP contribution in [0.15, 0.2) is 36.5 Å². The first-order chi connectivity index (χ1) is 36.8. The van der Waals surface area contributed by atoms with E-state index in [-0.39, 0.29) is 12.5 Å². The Morgan fingerprint density at radius 3 is 1.12 bits per heavy atom. The van der Waals surface area contributed by atoms with Gasteiger partial charge in [-0.05, 0) is 57.8 Å². The molecule has 75 heavy (non-hydrogen) atoms. The zero-order chi connectivity index (χ0) is 54.3. The van der Waals surface area contributed by atoms with Crippen molar-refractivity contribution in [1.82, 2.24) is 5.32 Å². The average molecular weight is 1060 g/mol. The third-order valence-corrected chi connectivity index (χ3v) is 15.7. The summed E-state index contributed by atoms with van der Waals surface area (Å²) in [4.78, 5) is 13.1. The van der Waals surface area contributed by atoms with E-state index < -0.39 is 49.5 Å². The van der Waals surface area contributed by atoms with Gasteiger partial charge in [-0.15, -0.1) is 0 Å². The number of amides is 1. The molecule has 0 aromatic rings. The van der Waals surface area contributed by atoms with Crippen LogP contribution in [0.5, 0.6) is 0 Å². The van der Waals surface area contributed by atoms with Gasteiger partial charge < -0.3 is 40.3 Å². The number of unbranched alkanes of at least 4 members (excludes halogenated alkanes) is 43. The number of rotatable bonds is 57. The van der Waals surface area contributed by atoms with Crippen molar-refractivity contribution in [3.05, 3.63) is 36.5 Å². The van der Waals surface area contributed by atoms with E-state index in [1.165, 1.54) is 263 Å². The zero-order valence-electron chi connectivity index (χ0n) is 49.3. The quantitative estimate of drug-likeness (QED) is 0.0261. The maximum absolute atomic E-state index is 13.1. The van der Waals surface area contributed by atoms with Crippen LogP contribution in [0.1, 0.15) is 322 Å². The molecule has 0 aliphatic carbocycles. The smallest absolute Gasteiger partial charge is 0.220 e. The molecule has 0 radical (unpaired) electrons. The van der Waals surface area contributed by atoms with Gasteiger partial charge in [0.2, 0.25) is 5.91 Å². The largest absolute Gasteiger partial charge is 0.394 e. The summed E-state index contributed by atoms with van der Waals surface area (Å²) in [6.45, 7) is 3.80. The number of ether oxygens (including phenoxy) is 2. The molecule has 7 unspecified atom stereocenters. The first-order valence-electron chi connectivity index (χ1n) is 32.7. The molecule has 442 valence electrons. The van der Waals surface area contributed by atoms with Crippen molar-refractivity contribution in [3.63, 3.8) is 0 Å². The highest BCUT2D eigenvalue weighted by Crippen LogP contribution is 2.23. The van der Waals surface area contributed by atoms with E-state index in [1.54, 1.807) is 6.08 Å². The SMILES string of the molecule is CCCCCCCCCC/C=C\CCCCCCCCCCCC(=O)NC(COC1OC(CO)C(O)C(O)C1O)C(O)/C=C/CC/C=C/CCCCCCCCCCCCCCCCCCCCCCCCCCC. The van der Waals surface area contributed by atoms with E-state index in [9.17, 15) is 30.3 Å². The molecule has 1 amide bonds. The lowest BCUT2D eigenvalue weighted by Crippen LogP contribution is -2.60. The molecule has 0 saturated carbocycles. The van der Waals surface area contributed by atoms with E-state index in [2.05, 4.69) is 43.5 Å². The number of carbonyl (C=O) groups is 1. The van der Waals surface area contributed by atoms with Gasteiger partial charge in [-0.3, -0.25) is 4.79 Å². The molecule has 9 nitrogen and oxygen atoms in total. The summed E-state index contributed by atoms with van der Waals surface area (Å²) >= 11 is 0. The maximum atomic E-state index is 13.1. The third kappa shape index (κ3) is 44.9. The maximum Gasteiger partial charge on any atom is 0.220 e. The van der Waals surface area contributed by atoms with Gasteiger partial charge >= 0.3 is 0 Å². The first-order valence-corrected chi connectivity index (χ1v) is 32.7. The van der Waals surface area contributed by atoms with Crippen molar-refractivity contribution >= 4 is 5.91 Å². The molecular formula is C66H125NO8. The molecule has 1 saturated heterocycles. The second kappa shape index (κ2) is 55.7. The molecular weight excluding hydrogens is 935 g/mol. The lowest BCUT2D eigenvalue weighted by atomic mass is 9.99. The Hall–Kier alpha value is -1.59.